The quantitative estimate of drug-likeness (QED) is 0.192. The van der Waals surface area contributed by atoms with Crippen molar-refractivity contribution >= 4 is 16.6 Å². The molecule has 0 amide bonds. The van der Waals surface area contributed by atoms with Gasteiger partial charge in [-0.05, 0) is 129 Å². The molecule has 0 saturated heterocycles. The standard InChI is InChI=1S/C43H71NO4Si2/c1-29(17-22-38(45)43(24-25-43)39-44-30(2)28-46-39)35-20-21-36-32(16-15-23-42(35,36)10)18-19-33-26-34(47-49(11,12)40(4,5)6)27-37(31(33)3)48-50(13,14)41(7,8)9/h17-19,22,28-29,34-38,45H,3,15-16,20-21,23-27H2,1-2,4-14H3/t29-,34-,35-,36+,37+,38-,42-/m1/s1. The highest BCUT2D eigenvalue weighted by Crippen LogP contribution is 2.60. The van der Waals surface area contributed by atoms with E-state index in [1.165, 1.54) is 37.7 Å². The molecule has 1 aromatic rings. The van der Waals surface area contributed by atoms with Crippen LogP contribution < -0.4 is 0 Å². The third kappa shape index (κ3) is 7.88. The van der Waals surface area contributed by atoms with E-state index in [1.54, 1.807) is 11.8 Å². The molecule has 7 heteroatoms. The zero-order valence-electron chi connectivity index (χ0n) is 34.0. The number of oxazole rings is 1. The van der Waals surface area contributed by atoms with Gasteiger partial charge in [0.05, 0.1) is 29.4 Å². The van der Waals surface area contributed by atoms with E-state index in [0.29, 0.717) is 23.6 Å². The van der Waals surface area contributed by atoms with E-state index in [4.69, 9.17) is 19.8 Å². The van der Waals surface area contributed by atoms with Crippen molar-refractivity contribution < 1.29 is 18.4 Å². The summed E-state index contributed by atoms with van der Waals surface area (Å²) in [6, 6.07) is 0. The van der Waals surface area contributed by atoms with Gasteiger partial charge in [0.2, 0.25) is 5.89 Å². The second kappa shape index (κ2) is 14.0. The van der Waals surface area contributed by atoms with Crippen molar-refractivity contribution in [1.82, 2.24) is 4.98 Å². The fraction of sp³-hybridized carbons (Fsp3) is 0.744. The molecule has 4 saturated carbocycles. The summed E-state index contributed by atoms with van der Waals surface area (Å²) in [4.78, 5) is 4.57. The molecule has 0 aliphatic heterocycles. The van der Waals surface area contributed by atoms with Gasteiger partial charge in [0, 0.05) is 6.42 Å². The maximum Gasteiger partial charge on any atom is 0.203 e. The number of aryl methyl sites for hydroxylation is 1. The Morgan fingerprint density at radius 2 is 1.62 bits per heavy atom. The van der Waals surface area contributed by atoms with Gasteiger partial charge in [0.15, 0.2) is 16.6 Å². The number of hydrogen-bond donors (Lipinski definition) is 1. The molecule has 0 aromatic carbocycles. The van der Waals surface area contributed by atoms with Gasteiger partial charge in [-0.3, -0.25) is 0 Å². The van der Waals surface area contributed by atoms with Crippen molar-refractivity contribution in [3.8, 4) is 0 Å². The van der Waals surface area contributed by atoms with Crippen LogP contribution in [-0.2, 0) is 14.3 Å². The Balaban J connectivity index is 1.34. The summed E-state index contributed by atoms with van der Waals surface area (Å²) in [6.45, 7) is 35.0. The number of hydrogen-bond acceptors (Lipinski definition) is 5. The summed E-state index contributed by atoms with van der Waals surface area (Å²) in [7, 11) is -3.96. The lowest BCUT2D eigenvalue weighted by Crippen LogP contribution is -2.49. The van der Waals surface area contributed by atoms with Gasteiger partial charge >= 0.3 is 0 Å². The number of nitrogens with zero attached hydrogens (tertiary/aromatic N) is 1. The van der Waals surface area contributed by atoms with Crippen molar-refractivity contribution in [2.45, 2.75) is 180 Å². The lowest BCUT2D eigenvalue weighted by molar-refractivity contribution is 0.0969. The number of aliphatic hydroxyl groups excluding tert-OH is 1. The summed E-state index contributed by atoms with van der Waals surface area (Å²) in [5.41, 5.74) is 4.90. The van der Waals surface area contributed by atoms with Crippen LogP contribution in [0, 0.1) is 30.1 Å². The van der Waals surface area contributed by atoms with Crippen LogP contribution in [0.4, 0.5) is 0 Å². The number of fused-ring (bicyclic) bond motifs is 1. The predicted octanol–water partition coefficient (Wildman–Crippen LogP) is 11.8. The molecule has 1 heterocycles. The predicted molar refractivity (Wildman–Crippen MR) is 213 cm³/mol. The maximum atomic E-state index is 11.3. The average Bonchev–Trinajstić information content (AvgIpc) is 3.56. The molecule has 5 rings (SSSR count). The molecular weight excluding hydrogens is 651 g/mol. The van der Waals surface area contributed by atoms with E-state index in [1.807, 2.05) is 6.92 Å². The number of allylic oxidation sites excluding steroid dienone is 4. The molecule has 0 spiro atoms. The molecule has 5 nitrogen and oxygen atoms in total. The number of aromatic nitrogens is 1. The Morgan fingerprint density at radius 1 is 0.980 bits per heavy atom. The Bertz CT molecular complexity index is 1480. The minimum Gasteiger partial charge on any atom is -0.448 e. The Kier molecular flexibility index (Phi) is 11.1. The highest BCUT2D eigenvalue weighted by Gasteiger charge is 2.54. The minimum atomic E-state index is -2.00. The molecule has 0 radical (unpaired) electrons. The van der Waals surface area contributed by atoms with E-state index in [2.05, 4.69) is 111 Å². The van der Waals surface area contributed by atoms with E-state index < -0.39 is 22.7 Å². The minimum absolute atomic E-state index is 0.00176. The molecule has 280 valence electrons. The van der Waals surface area contributed by atoms with Crippen LogP contribution in [-0.4, -0.2) is 45.0 Å². The molecule has 0 bridgehead atoms. The highest BCUT2D eigenvalue weighted by atomic mass is 28.4. The van der Waals surface area contributed by atoms with Crippen LogP contribution in [0.5, 0.6) is 0 Å². The van der Waals surface area contributed by atoms with E-state index in [0.717, 1.165) is 37.0 Å². The van der Waals surface area contributed by atoms with Crippen molar-refractivity contribution in [2.24, 2.45) is 23.2 Å². The molecule has 4 aliphatic rings. The van der Waals surface area contributed by atoms with Gasteiger partial charge in [-0.25, -0.2) is 4.98 Å². The monoisotopic (exact) mass is 721 g/mol. The Hall–Kier alpha value is -1.52. The summed E-state index contributed by atoms with van der Waals surface area (Å²) in [5.74, 6) is 2.29. The second-order valence-corrected chi connectivity index (χ2v) is 29.5. The zero-order chi connectivity index (χ0) is 37.1. The maximum absolute atomic E-state index is 11.3. The molecule has 7 atom stereocenters. The summed E-state index contributed by atoms with van der Waals surface area (Å²) < 4.78 is 19.9. The Morgan fingerprint density at radius 3 is 2.20 bits per heavy atom. The molecule has 50 heavy (non-hydrogen) atoms. The van der Waals surface area contributed by atoms with Gasteiger partial charge in [0.25, 0.3) is 0 Å². The van der Waals surface area contributed by atoms with Gasteiger partial charge < -0.3 is 18.4 Å². The number of aliphatic hydroxyl groups is 1. The molecular formula is C43H71NO4Si2. The van der Waals surface area contributed by atoms with E-state index >= 15 is 0 Å². The first-order valence-electron chi connectivity index (χ1n) is 19.7. The van der Waals surface area contributed by atoms with Crippen LogP contribution in [0.1, 0.15) is 125 Å². The summed E-state index contributed by atoms with van der Waals surface area (Å²) >= 11 is 0. The topological polar surface area (TPSA) is 64.7 Å². The third-order valence-electron chi connectivity index (χ3n) is 14.4. The first-order chi connectivity index (χ1) is 23.0. The zero-order valence-corrected chi connectivity index (χ0v) is 36.0. The van der Waals surface area contributed by atoms with Crippen molar-refractivity contribution in [3.63, 3.8) is 0 Å². The molecule has 4 fully saturated rings. The fourth-order valence-corrected chi connectivity index (χ4v) is 11.5. The largest absolute Gasteiger partial charge is 0.448 e. The lowest BCUT2D eigenvalue weighted by Gasteiger charge is -2.45. The van der Waals surface area contributed by atoms with Crippen molar-refractivity contribution in [2.75, 3.05) is 0 Å². The molecule has 1 aromatic heterocycles. The smallest absolute Gasteiger partial charge is 0.203 e. The Labute approximate surface area is 307 Å². The summed E-state index contributed by atoms with van der Waals surface area (Å²) in [5, 5.41) is 11.6. The van der Waals surface area contributed by atoms with Crippen LogP contribution in [0.15, 0.2) is 58.3 Å². The van der Waals surface area contributed by atoms with Crippen molar-refractivity contribution in [1.29, 1.82) is 0 Å². The molecule has 4 aliphatic carbocycles. The molecule has 1 N–H and O–H groups in total. The first-order valence-corrected chi connectivity index (χ1v) is 25.6. The van der Waals surface area contributed by atoms with Gasteiger partial charge in [0.1, 0.15) is 6.26 Å². The van der Waals surface area contributed by atoms with Crippen LogP contribution >= 0.6 is 0 Å². The van der Waals surface area contributed by atoms with Gasteiger partial charge in [-0.15, -0.1) is 0 Å². The van der Waals surface area contributed by atoms with Crippen LogP contribution in [0.3, 0.4) is 0 Å². The normalized spacial score (nSPS) is 32.2. The summed E-state index contributed by atoms with van der Waals surface area (Å²) in [6.07, 6.45) is 20.4. The van der Waals surface area contributed by atoms with E-state index in [-0.39, 0.29) is 33.1 Å². The highest BCUT2D eigenvalue weighted by molar-refractivity contribution is 6.74. The molecule has 0 unspecified atom stereocenters. The SMILES string of the molecule is C=C1C(=CC=C2CCC[C@]3(C)[C@@H]([C@H](C)C=C[C@@H](O)C4(c5nc(C)co5)CC4)CC[C@@H]23)C[C@@H](O[Si](C)(C)C(C)(C)C)C[C@@H]1O[Si](C)(C)C(C)(C)C. The first kappa shape index (κ1) is 39.7. The van der Waals surface area contributed by atoms with Crippen LogP contribution in [0.2, 0.25) is 36.3 Å². The fourth-order valence-electron chi connectivity index (χ4n) is 8.86. The average molecular weight is 722 g/mol. The van der Waals surface area contributed by atoms with Crippen LogP contribution in [0.25, 0.3) is 0 Å². The number of rotatable bonds is 10. The van der Waals surface area contributed by atoms with E-state index in [9.17, 15) is 5.11 Å². The third-order valence-corrected chi connectivity index (χ3v) is 23.4. The second-order valence-electron chi connectivity index (χ2n) is 20.0. The van der Waals surface area contributed by atoms with Gasteiger partial charge in [-0.1, -0.05) is 91.8 Å². The lowest BCUT2D eigenvalue weighted by atomic mass is 9.61. The van der Waals surface area contributed by atoms with Crippen molar-refractivity contribution in [3.05, 3.63) is 65.5 Å². The van der Waals surface area contributed by atoms with Gasteiger partial charge in [-0.2, -0.15) is 0 Å².